The topological polar surface area (TPSA) is 57.5 Å². The van der Waals surface area contributed by atoms with E-state index in [1.807, 2.05) is 0 Å². The molecule has 6 heteroatoms. The zero-order chi connectivity index (χ0) is 15.6. The van der Waals surface area contributed by atoms with E-state index in [9.17, 15) is 28.2 Å². The molecular weight excluding hydrogens is 285 g/mol. The third-order valence-corrected chi connectivity index (χ3v) is 3.06. The first-order chi connectivity index (χ1) is 9.84. The molecule has 0 aliphatic heterocycles. The summed E-state index contributed by atoms with van der Waals surface area (Å²) in [5.41, 5.74) is -0.0976. The Morgan fingerprint density at radius 2 is 1.67 bits per heavy atom. The number of alkyl halides is 3. The van der Waals surface area contributed by atoms with Crippen LogP contribution in [0.4, 0.5) is 13.2 Å². The van der Waals surface area contributed by atoms with Gasteiger partial charge >= 0.3 is 12.1 Å². The lowest BCUT2D eigenvalue weighted by Gasteiger charge is -2.12. The third-order valence-electron chi connectivity index (χ3n) is 3.06. The maximum atomic E-state index is 12.5. The fraction of sp³-hybridized carbons (Fsp3) is 0.133. The molecule has 3 nitrogen and oxygen atoms in total. The third kappa shape index (κ3) is 3.05. The fourth-order valence-corrected chi connectivity index (χ4v) is 2.06. The zero-order valence-corrected chi connectivity index (χ0v) is 10.7. The van der Waals surface area contributed by atoms with Crippen LogP contribution in [-0.4, -0.2) is 16.2 Å². The van der Waals surface area contributed by atoms with Gasteiger partial charge in [0.15, 0.2) is 0 Å². The Balaban J connectivity index is 2.54. The number of rotatable bonds is 3. The molecule has 2 aromatic rings. The van der Waals surface area contributed by atoms with E-state index in [1.54, 1.807) is 6.07 Å². The van der Waals surface area contributed by atoms with Gasteiger partial charge in [-0.2, -0.15) is 13.2 Å². The summed E-state index contributed by atoms with van der Waals surface area (Å²) in [6.45, 7) is -0.462. The lowest BCUT2D eigenvalue weighted by molar-refractivity contribution is -0.137. The van der Waals surface area contributed by atoms with Crippen molar-refractivity contribution in [2.75, 3.05) is 0 Å². The molecule has 0 saturated carbocycles. The number of aliphatic hydroxyl groups is 1. The number of carboxylic acids is 1. The molecule has 0 fully saturated rings. The molecule has 0 atom stereocenters. The Kier molecular flexibility index (Phi) is 3.99. The summed E-state index contributed by atoms with van der Waals surface area (Å²) in [7, 11) is 0. The number of aromatic carboxylic acids is 1. The van der Waals surface area contributed by atoms with Crippen LogP contribution in [0.5, 0.6) is 0 Å². The van der Waals surface area contributed by atoms with Crippen molar-refractivity contribution in [1.82, 2.24) is 0 Å². The molecule has 0 spiro atoms. The van der Waals surface area contributed by atoms with Gasteiger partial charge in [0.2, 0.25) is 0 Å². The molecule has 0 heterocycles. The summed E-state index contributed by atoms with van der Waals surface area (Å²) in [4.78, 5) is 11.3. The molecule has 2 N–H and O–H groups in total. The first-order valence-corrected chi connectivity index (χ1v) is 5.98. The average Bonchev–Trinajstić information content (AvgIpc) is 2.45. The number of halogens is 3. The van der Waals surface area contributed by atoms with Gasteiger partial charge in [-0.05, 0) is 28.8 Å². The van der Waals surface area contributed by atoms with Crippen molar-refractivity contribution in [3.63, 3.8) is 0 Å². The Morgan fingerprint density at radius 1 is 1.05 bits per heavy atom. The maximum absolute atomic E-state index is 12.5. The Bertz CT molecular complexity index is 661. The summed E-state index contributed by atoms with van der Waals surface area (Å²) in [5.74, 6) is -1.24. The molecule has 0 amide bonds. The molecule has 0 bridgehead atoms. The predicted molar refractivity (Wildman–Crippen MR) is 69.8 cm³/mol. The predicted octanol–water partition coefficient (Wildman–Crippen LogP) is 3.56. The van der Waals surface area contributed by atoms with Crippen molar-refractivity contribution in [2.45, 2.75) is 12.8 Å². The van der Waals surface area contributed by atoms with Gasteiger partial charge in [-0.1, -0.05) is 30.3 Å². The smallest absolute Gasteiger partial charge is 0.416 e. The van der Waals surface area contributed by atoms with Gasteiger partial charge in [0.05, 0.1) is 17.7 Å². The van der Waals surface area contributed by atoms with E-state index < -0.39 is 24.3 Å². The maximum Gasteiger partial charge on any atom is 0.416 e. The van der Waals surface area contributed by atoms with E-state index in [1.165, 1.54) is 24.3 Å². The fourth-order valence-electron chi connectivity index (χ4n) is 2.06. The van der Waals surface area contributed by atoms with E-state index in [0.717, 1.165) is 12.1 Å². The van der Waals surface area contributed by atoms with Crippen LogP contribution in [0.1, 0.15) is 21.5 Å². The van der Waals surface area contributed by atoms with Crippen LogP contribution in [0.3, 0.4) is 0 Å². The molecule has 0 saturated heterocycles. The first-order valence-electron chi connectivity index (χ1n) is 5.98. The minimum atomic E-state index is -4.44. The van der Waals surface area contributed by atoms with Crippen molar-refractivity contribution in [1.29, 1.82) is 0 Å². The molecule has 2 rings (SSSR count). The summed E-state index contributed by atoms with van der Waals surface area (Å²) < 4.78 is 37.6. The highest BCUT2D eigenvalue weighted by molar-refractivity contribution is 5.97. The summed E-state index contributed by atoms with van der Waals surface area (Å²) >= 11 is 0. The monoisotopic (exact) mass is 296 g/mol. The van der Waals surface area contributed by atoms with Crippen LogP contribution in [0, 0.1) is 0 Å². The highest BCUT2D eigenvalue weighted by atomic mass is 19.4. The Labute approximate surface area is 118 Å². The van der Waals surface area contributed by atoms with E-state index in [2.05, 4.69) is 0 Å². The van der Waals surface area contributed by atoms with Crippen molar-refractivity contribution >= 4 is 5.97 Å². The summed E-state index contributed by atoms with van der Waals surface area (Å²) in [6.07, 6.45) is -4.44. The number of benzene rings is 2. The molecule has 21 heavy (non-hydrogen) atoms. The lowest BCUT2D eigenvalue weighted by atomic mass is 9.95. The lowest BCUT2D eigenvalue weighted by Crippen LogP contribution is -2.06. The number of carbonyl (C=O) groups is 1. The van der Waals surface area contributed by atoms with E-state index >= 15 is 0 Å². The standard InChI is InChI=1S/C15H11F3O3/c16-15(17,18)11-6-4-9(5-7-11)12-3-1-2-10(8-19)13(12)14(20)21/h1-7,19H,8H2,(H,20,21). The largest absolute Gasteiger partial charge is 0.478 e. The van der Waals surface area contributed by atoms with E-state index in [4.69, 9.17) is 0 Å². The number of carboxylic acid groups (broad SMARTS) is 1. The van der Waals surface area contributed by atoms with Crippen molar-refractivity contribution in [3.05, 3.63) is 59.2 Å². The second kappa shape index (κ2) is 5.57. The molecule has 0 aliphatic rings. The Hall–Kier alpha value is -2.34. The minimum Gasteiger partial charge on any atom is -0.478 e. The second-order valence-electron chi connectivity index (χ2n) is 4.38. The SMILES string of the molecule is O=C(O)c1c(CO)cccc1-c1ccc(C(F)(F)F)cc1. The van der Waals surface area contributed by atoms with E-state index in [0.29, 0.717) is 5.56 Å². The van der Waals surface area contributed by atoms with Gasteiger partial charge in [-0.15, -0.1) is 0 Å². The van der Waals surface area contributed by atoms with Crippen LogP contribution in [0.25, 0.3) is 11.1 Å². The van der Waals surface area contributed by atoms with Gasteiger partial charge < -0.3 is 10.2 Å². The van der Waals surface area contributed by atoms with Gasteiger partial charge in [0, 0.05) is 0 Å². The number of aliphatic hydroxyl groups excluding tert-OH is 1. The first kappa shape index (κ1) is 15.1. The summed E-state index contributed by atoms with van der Waals surface area (Å²) in [6, 6.07) is 8.71. The zero-order valence-electron chi connectivity index (χ0n) is 10.7. The number of hydrogen-bond donors (Lipinski definition) is 2. The highest BCUT2D eigenvalue weighted by Gasteiger charge is 2.30. The number of hydrogen-bond acceptors (Lipinski definition) is 2. The highest BCUT2D eigenvalue weighted by Crippen LogP contribution is 2.32. The van der Waals surface area contributed by atoms with Crippen LogP contribution in [0.2, 0.25) is 0 Å². The molecular formula is C15H11F3O3. The molecule has 0 aliphatic carbocycles. The molecule has 0 unspecified atom stereocenters. The summed E-state index contributed by atoms with van der Waals surface area (Å²) in [5, 5.41) is 18.4. The van der Waals surface area contributed by atoms with Crippen LogP contribution >= 0.6 is 0 Å². The molecule has 2 aromatic carbocycles. The molecule has 110 valence electrons. The van der Waals surface area contributed by atoms with E-state index in [-0.39, 0.29) is 16.7 Å². The minimum absolute atomic E-state index is 0.111. The van der Waals surface area contributed by atoms with Crippen LogP contribution in [0.15, 0.2) is 42.5 Å². The normalized spacial score (nSPS) is 11.4. The van der Waals surface area contributed by atoms with Gasteiger partial charge in [-0.3, -0.25) is 0 Å². The van der Waals surface area contributed by atoms with Gasteiger partial charge in [0.1, 0.15) is 0 Å². The Morgan fingerprint density at radius 3 is 2.14 bits per heavy atom. The van der Waals surface area contributed by atoms with Crippen LogP contribution < -0.4 is 0 Å². The second-order valence-corrected chi connectivity index (χ2v) is 4.38. The van der Waals surface area contributed by atoms with Crippen molar-refractivity contribution in [2.24, 2.45) is 0 Å². The molecule has 0 aromatic heterocycles. The van der Waals surface area contributed by atoms with Crippen LogP contribution in [-0.2, 0) is 12.8 Å². The average molecular weight is 296 g/mol. The van der Waals surface area contributed by atoms with Gasteiger partial charge in [-0.25, -0.2) is 4.79 Å². The van der Waals surface area contributed by atoms with Crippen molar-refractivity contribution in [3.8, 4) is 11.1 Å². The molecule has 0 radical (unpaired) electrons. The van der Waals surface area contributed by atoms with Crippen molar-refractivity contribution < 1.29 is 28.2 Å². The van der Waals surface area contributed by atoms with Gasteiger partial charge in [0.25, 0.3) is 0 Å². The quantitative estimate of drug-likeness (QED) is 0.910.